The lowest BCUT2D eigenvalue weighted by Crippen LogP contribution is -2.19. The van der Waals surface area contributed by atoms with Crippen molar-refractivity contribution < 1.29 is 5.11 Å². The number of aryl methyl sites for hydroxylation is 2. The largest absolute Gasteiger partial charge is 0.507 e. The molecule has 0 saturated carbocycles. The van der Waals surface area contributed by atoms with E-state index < -0.39 is 0 Å². The number of fused-ring (bicyclic) bond motifs is 7. The van der Waals surface area contributed by atoms with E-state index in [-0.39, 0.29) is 0 Å². The van der Waals surface area contributed by atoms with Crippen LogP contribution in [0.1, 0.15) is 11.1 Å². The Labute approximate surface area is 97.8 Å². The van der Waals surface area contributed by atoms with Crippen molar-refractivity contribution in [2.24, 2.45) is 0 Å². The molecule has 2 aromatic heterocycles. The van der Waals surface area contributed by atoms with E-state index in [9.17, 15) is 5.11 Å². The van der Waals surface area contributed by atoms with Gasteiger partial charge in [-0.2, -0.15) is 0 Å². The molecule has 0 aliphatic heterocycles. The van der Waals surface area contributed by atoms with Gasteiger partial charge < -0.3 is 5.11 Å². The van der Waals surface area contributed by atoms with Gasteiger partial charge in [0.2, 0.25) is 0 Å². The van der Waals surface area contributed by atoms with E-state index in [4.69, 9.17) is 0 Å². The minimum absolute atomic E-state index is 0.410. The van der Waals surface area contributed by atoms with Crippen molar-refractivity contribution in [1.82, 2.24) is 9.03 Å². The van der Waals surface area contributed by atoms with Crippen LogP contribution in [0.15, 0.2) is 30.3 Å². The van der Waals surface area contributed by atoms with Crippen LogP contribution < -0.4 is 0 Å². The Bertz CT molecular complexity index is 867. The highest BCUT2D eigenvalue weighted by Crippen LogP contribution is 2.36. The molecule has 84 valence electrons. The van der Waals surface area contributed by atoms with E-state index in [1.54, 1.807) is 0 Å². The minimum atomic E-state index is 0.410. The smallest absolute Gasteiger partial charge is 0.123 e. The summed E-state index contributed by atoms with van der Waals surface area (Å²) in [5.74, 6) is 0.410. The predicted molar refractivity (Wildman–Crippen MR) is 68.2 cm³/mol. The number of phenols is 1. The lowest BCUT2D eigenvalue weighted by Gasteiger charge is -2.27. The van der Waals surface area contributed by atoms with Gasteiger partial charge in [-0.1, -0.05) is 12.1 Å². The molecule has 0 bridgehead atoms. The lowest BCUT2D eigenvalue weighted by atomic mass is 10.1. The zero-order valence-electron chi connectivity index (χ0n) is 9.73. The molecular weight excluding hydrogens is 212 g/mol. The second kappa shape index (κ2) is 2.56. The minimum Gasteiger partial charge on any atom is -0.507 e. The first-order valence-electron chi connectivity index (χ1n) is 5.72. The number of benzene rings is 2. The quantitative estimate of drug-likeness (QED) is 0.457. The molecular formula is C14H12N2O. The maximum absolute atomic E-state index is 9.98. The fourth-order valence-electron chi connectivity index (χ4n) is 2.78. The van der Waals surface area contributed by atoms with Gasteiger partial charge in [0.25, 0.3) is 0 Å². The topological polar surface area (TPSA) is 29.1 Å². The van der Waals surface area contributed by atoms with Gasteiger partial charge in [0.15, 0.2) is 0 Å². The summed E-state index contributed by atoms with van der Waals surface area (Å²) >= 11 is 0. The first-order valence-corrected chi connectivity index (χ1v) is 5.72. The van der Waals surface area contributed by atoms with Crippen LogP contribution in [0.25, 0.3) is 22.1 Å². The molecule has 0 saturated heterocycles. The van der Waals surface area contributed by atoms with E-state index in [1.165, 1.54) is 16.6 Å². The Morgan fingerprint density at radius 1 is 0.941 bits per heavy atom. The van der Waals surface area contributed by atoms with Crippen LogP contribution in [0.5, 0.6) is 5.75 Å². The molecule has 0 spiro atoms. The van der Waals surface area contributed by atoms with Crippen LogP contribution in [-0.2, 0) is 0 Å². The summed E-state index contributed by atoms with van der Waals surface area (Å²) < 4.78 is 4.34. The highest BCUT2D eigenvalue weighted by molar-refractivity contribution is 5.96. The van der Waals surface area contributed by atoms with Crippen LogP contribution in [0.3, 0.4) is 0 Å². The first kappa shape index (κ1) is 8.93. The number of hydrogen-bond acceptors (Lipinski definition) is 1. The third kappa shape index (κ3) is 0.813. The molecule has 3 heteroatoms. The average Bonchev–Trinajstić information content (AvgIpc) is 2.29. The predicted octanol–water partition coefficient (Wildman–Crippen LogP) is 3.11. The van der Waals surface area contributed by atoms with Gasteiger partial charge in [0, 0.05) is 5.56 Å². The van der Waals surface area contributed by atoms with Crippen LogP contribution in [0.2, 0.25) is 0 Å². The molecule has 0 amide bonds. The normalized spacial score (nSPS) is 12.4. The number of nitrogens with zero attached hydrogens (tertiary/aromatic N) is 2. The molecule has 17 heavy (non-hydrogen) atoms. The van der Waals surface area contributed by atoms with E-state index in [0.717, 1.165) is 16.6 Å². The molecule has 0 fully saturated rings. The number of phenolic OH excluding ortho intramolecular Hbond substituents is 1. The summed E-state index contributed by atoms with van der Waals surface area (Å²) in [6.45, 7) is 3.91. The zero-order valence-corrected chi connectivity index (χ0v) is 9.73. The number of rotatable bonds is 0. The molecule has 2 aromatic carbocycles. The Morgan fingerprint density at radius 2 is 1.59 bits per heavy atom. The fourth-order valence-corrected chi connectivity index (χ4v) is 2.78. The van der Waals surface area contributed by atoms with Gasteiger partial charge in [-0.05, 0) is 37.6 Å². The molecule has 4 rings (SSSR count). The van der Waals surface area contributed by atoms with Crippen LogP contribution in [-0.4, -0.2) is 14.1 Å². The summed E-state index contributed by atoms with van der Waals surface area (Å²) in [5.41, 5.74) is 6.68. The third-order valence-electron chi connectivity index (χ3n) is 3.66. The zero-order chi connectivity index (χ0) is 11.7. The van der Waals surface area contributed by atoms with Crippen molar-refractivity contribution in [2.45, 2.75) is 13.8 Å². The average molecular weight is 224 g/mol. The Kier molecular flexibility index (Phi) is 1.35. The molecule has 0 unspecified atom stereocenters. The van der Waals surface area contributed by atoms with E-state index in [0.29, 0.717) is 5.75 Å². The van der Waals surface area contributed by atoms with Gasteiger partial charge in [0.1, 0.15) is 5.75 Å². The van der Waals surface area contributed by atoms with E-state index in [1.807, 2.05) is 32.0 Å². The molecule has 2 heterocycles. The SMILES string of the molecule is Cc1cc2c(c(C)c1O)n1c3ccccc3n21. The molecule has 1 N–H and O–H groups in total. The summed E-state index contributed by atoms with van der Waals surface area (Å²) in [6.07, 6.45) is 0. The van der Waals surface area contributed by atoms with Crippen molar-refractivity contribution in [3.63, 3.8) is 0 Å². The Balaban J connectivity index is 2.27. The first-order chi connectivity index (χ1) is 8.20. The van der Waals surface area contributed by atoms with Crippen molar-refractivity contribution in [2.75, 3.05) is 0 Å². The molecule has 0 atom stereocenters. The van der Waals surface area contributed by atoms with Gasteiger partial charge in [-0.15, -0.1) is 0 Å². The van der Waals surface area contributed by atoms with E-state index >= 15 is 0 Å². The Morgan fingerprint density at radius 3 is 2.29 bits per heavy atom. The molecule has 0 aliphatic rings. The van der Waals surface area contributed by atoms with E-state index in [2.05, 4.69) is 21.2 Å². The summed E-state index contributed by atoms with van der Waals surface area (Å²) in [4.78, 5) is 0. The standard InChI is InChI=1S/C14H12N2O/c1-8-7-12-13(9(2)14(8)17)16-11-6-4-3-5-10(11)15(12)16/h3-7,17H,1-2H3. The molecule has 4 aromatic rings. The van der Waals surface area contributed by atoms with Gasteiger partial charge in [-0.25, -0.2) is 9.03 Å². The summed E-state index contributed by atoms with van der Waals surface area (Å²) in [6, 6.07) is 10.4. The number of aromatic nitrogens is 2. The highest BCUT2D eigenvalue weighted by atomic mass is 16.3. The number of hydrogen-bond donors (Lipinski definition) is 1. The molecule has 0 aliphatic carbocycles. The van der Waals surface area contributed by atoms with Crippen LogP contribution >= 0.6 is 0 Å². The summed E-state index contributed by atoms with van der Waals surface area (Å²) in [7, 11) is 0. The monoisotopic (exact) mass is 224 g/mol. The van der Waals surface area contributed by atoms with Crippen LogP contribution in [0, 0.1) is 13.8 Å². The van der Waals surface area contributed by atoms with Gasteiger partial charge >= 0.3 is 0 Å². The van der Waals surface area contributed by atoms with Crippen LogP contribution in [0.4, 0.5) is 0 Å². The van der Waals surface area contributed by atoms with Crippen molar-refractivity contribution in [1.29, 1.82) is 0 Å². The van der Waals surface area contributed by atoms with Gasteiger partial charge in [0.05, 0.1) is 22.1 Å². The Hall–Kier alpha value is -2.16. The number of aromatic hydroxyl groups is 1. The number of para-hydroxylation sites is 2. The van der Waals surface area contributed by atoms with Gasteiger partial charge in [-0.3, -0.25) is 0 Å². The third-order valence-corrected chi connectivity index (χ3v) is 3.66. The second-order valence-corrected chi connectivity index (χ2v) is 4.65. The van der Waals surface area contributed by atoms with Crippen molar-refractivity contribution in [3.05, 3.63) is 41.5 Å². The lowest BCUT2D eigenvalue weighted by molar-refractivity contribution is 0.467. The maximum atomic E-state index is 9.98. The maximum Gasteiger partial charge on any atom is 0.123 e. The molecule has 0 radical (unpaired) electrons. The molecule has 3 nitrogen and oxygen atoms in total. The van der Waals surface area contributed by atoms with Crippen molar-refractivity contribution in [3.8, 4) is 5.75 Å². The van der Waals surface area contributed by atoms with Crippen molar-refractivity contribution >= 4 is 22.1 Å². The highest BCUT2D eigenvalue weighted by Gasteiger charge is 2.21. The fraction of sp³-hybridized carbons (Fsp3) is 0.143. The summed E-state index contributed by atoms with van der Waals surface area (Å²) in [5, 5.41) is 9.98. The second-order valence-electron chi connectivity index (χ2n) is 4.65.